The Morgan fingerprint density at radius 3 is 2.78 bits per heavy atom. The van der Waals surface area contributed by atoms with E-state index in [1.54, 1.807) is 0 Å². The van der Waals surface area contributed by atoms with Gasteiger partial charge in [0.2, 0.25) is 12.2 Å². The van der Waals surface area contributed by atoms with E-state index in [4.69, 9.17) is 4.74 Å². The molecule has 2 heterocycles. The molecule has 0 aromatic carbocycles. The summed E-state index contributed by atoms with van der Waals surface area (Å²) < 4.78 is 8.78. The van der Waals surface area contributed by atoms with Crippen LogP contribution in [0.5, 0.6) is 0 Å². The number of nitrogens with zero attached hydrogens (tertiary/aromatic N) is 2. The van der Waals surface area contributed by atoms with Gasteiger partial charge in [-0.25, -0.2) is 4.79 Å². The third-order valence-corrected chi connectivity index (χ3v) is 3.02. The Balaban J connectivity index is 0.00000162. The molecule has 0 aliphatic rings. The van der Waals surface area contributed by atoms with E-state index in [9.17, 15) is 4.79 Å². The fraction of sp³-hybridized carbons (Fsp3) is 0.385. The minimum absolute atomic E-state index is 0. The normalized spacial score (nSPS) is 10.2. The number of methoxy groups -OCH3 is 1. The molecular weight excluding hydrogens is 296 g/mol. The van der Waals surface area contributed by atoms with Crippen LogP contribution in [0.15, 0.2) is 24.5 Å². The van der Waals surface area contributed by atoms with Gasteiger partial charge in [0.05, 0.1) is 13.3 Å². The molecule has 0 spiro atoms. The Morgan fingerprint density at radius 1 is 1.44 bits per heavy atom. The van der Waals surface area contributed by atoms with Gasteiger partial charge in [-0.15, -0.1) is 0 Å². The van der Waals surface area contributed by atoms with E-state index in [0.29, 0.717) is 0 Å². The van der Waals surface area contributed by atoms with Crippen molar-refractivity contribution in [2.45, 2.75) is 26.8 Å². The number of hydrogen-bond acceptors (Lipinski definition) is 2. The highest BCUT2D eigenvalue weighted by atomic mass is 79.9. The molecule has 0 radical (unpaired) electrons. The Labute approximate surface area is 117 Å². The number of carbonyl (C=O) groups excluding carboxylic acids is 1. The summed E-state index contributed by atoms with van der Waals surface area (Å²) in [7, 11) is 1.41. The van der Waals surface area contributed by atoms with Crippen molar-refractivity contribution in [3.05, 3.63) is 35.9 Å². The molecule has 98 valence electrons. The van der Waals surface area contributed by atoms with Gasteiger partial charge >= 0.3 is 5.97 Å². The Kier molecular flexibility index (Phi) is 4.90. The number of esters is 1. The molecule has 0 bridgehead atoms. The maximum atomic E-state index is 11.3. The number of aryl methyl sites for hydroxylation is 2. The van der Waals surface area contributed by atoms with Gasteiger partial charge in [0.15, 0.2) is 6.20 Å². The maximum absolute atomic E-state index is 11.3. The van der Waals surface area contributed by atoms with E-state index < -0.39 is 0 Å². The number of halogens is 1. The molecule has 5 heteroatoms. The molecule has 18 heavy (non-hydrogen) atoms. The minimum Gasteiger partial charge on any atom is -1.00 e. The van der Waals surface area contributed by atoms with Crippen LogP contribution in [0, 0.1) is 6.92 Å². The first-order chi connectivity index (χ1) is 8.17. The smallest absolute Gasteiger partial charge is 0.372 e. The largest absolute Gasteiger partial charge is 1.00 e. The van der Waals surface area contributed by atoms with Crippen LogP contribution < -0.4 is 21.5 Å². The van der Waals surface area contributed by atoms with Gasteiger partial charge in [0.1, 0.15) is 5.52 Å². The molecule has 0 saturated heterocycles. The van der Waals surface area contributed by atoms with Crippen molar-refractivity contribution in [3.63, 3.8) is 0 Å². The number of ether oxygens (including phenoxy) is 1. The van der Waals surface area contributed by atoms with Gasteiger partial charge in [0, 0.05) is 12.1 Å². The molecule has 0 saturated carbocycles. The lowest BCUT2D eigenvalue weighted by atomic mass is 10.2. The van der Waals surface area contributed by atoms with Crippen molar-refractivity contribution in [2.24, 2.45) is 0 Å². The zero-order valence-electron chi connectivity index (χ0n) is 10.8. The third kappa shape index (κ3) is 2.56. The summed E-state index contributed by atoms with van der Waals surface area (Å²) in [6.07, 6.45) is 4.79. The first kappa shape index (κ1) is 14.7. The summed E-state index contributed by atoms with van der Waals surface area (Å²) in [4.78, 5) is 11.3. The van der Waals surface area contributed by atoms with Crippen molar-refractivity contribution in [1.29, 1.82) is 0 Å². The molecule has 0 aliphatic heterocycles. The van der Waals surface area contributed by atoms with Gasteiger partial charge in [-0.3, -0.25) is 0 Å². The molecule has 0 atom stereocenters. The predicted octanol–water partition coefficient (Wildman–Crippen LogP) is -1.73. The Hall–Kier alpha value is -1.36. The predicted molar refractivity (Wildman–Crippen MR) is 63.7 cm³/mol. The van der Waals surface area contributed by atoms with Crippen LogP contribution in [-0.4, -0.2) is 17.5 Å². The van der Waals surface area contributed by atoms with Gasteiger partial charge in [-0.05, 0) is 19.1 Å². The average Bonchev–Trinajstić information content (AvgIpc) is 2.71. The molecule has 2 aromatic heterocycles. The monoisotopic (exact) mass is 312 g/mol. The van der Waals surface area contributed by atoms with Crippen LogP contribution in [0.4, 0.5) is 0 Å². The van der Waals surface area contributed by atoms with Crippen LogP contribution in [0.3, 0.4) is 0 Å². The highest BCUT2D eigenvalue weighted by Crippen LogP contribution is 2.11. The van der Waals surface area contributed by atoms with E-state index >= 15 is 0 Å². The number of aromatic nitrogens is 2. The summed E-state index contributed by atoms with van der Waals surface area (Å²) in [5.74, 6) is -0.225. The second-order valence-corrected chi connectivity index (χ2v) is 4.03. The Morgan fingerprint density at radius 2 is 2.17 bits per heavy atom. The second kappa shape index (κ2) is 6.00. The lowest BCUT2D eigenvalue weighted by Crippen LogP contribution is -3.00. The van der Waals surface area contributed by atoms with E-state index in [2.05, 4.69) is 30.4 Å². The molecule has 0 unspecified atom stereocenters. The van der Waals surface area contributed by atoms with Crippen LogP contribution in [-0.2, 0) is 22.5 Å². The summed E-state index contributed by atoms with van der Waals surface area (Å²) in [6.45, 7) is 4.42. The van der Waals surface area contributed by atoms with Crippen LogP contribution in [0.25, 0.3) is 5.52 Å². The molecule has 4 nitrogen and oxygen atoms in total. The minimum atomic E-state index is -0.225. The molecule has 0 amide bonds. The fourth-order valence-corrected chi connectivity index (χ4v) is 2.10. The second-order valence-electron chi connectivity index (χ2n) is 4.03. The highest BCUT2D eigenvalue weighted by Gasteiger charge is 2.18. The maximum Gasteiger partial charge on any atom is 0.372 e. The average molecular weight is 313 g/mol. The summed E-state index contributed by atoms with van der Waals surface area (Å²) in [5, 5.41) is 0. The first-order valence-corrected chi connectivity index (χ1v) is 5.73. The van der Waals surface area contributed by atoms with E-state index in [0.717, 1.165) is 17.6 Å². The van der Waals surface area contributed by atoms with Gasteiger partial charge in [-0.1, -0.05) is 6.92 Å². The van der Waals surface area contributed by atoms with Crippen molar-refractivity contribution in [3.8, 4) is 0 Å². The lowest BCUT2D eigenvalue weighted by Gasteiger charge is -2.04. The zero-order chi connectivity index (χ0) is 12.4. The number of fused-ring (bicyclic) bond motifs is 1. The van der Waals surface area contributed by atoms with E-state index in [-0.39, 0.29) is 29.5 Å². The van der Waals surface area contributed by atoms with Crippen molar-refractivity contribution >= 4 is 11.5 Å². The molecule has 2 rings (SSSR count). The zero-order valence-corrected chi connectivity index (χ0v) is 12.4. The standard InChI is InChI=1S/C13H17N2O2.BrH/c1-4-11-12-6-5-10(2)15(12)8-7-14(11)9-13(16)17-3;/h5-8H,4,9H2,1-3H3;1H/q+1;/p-1. The van der Waals surface area contributed by atoms with Gasteiger partial charge in [-0.2, -0.15) is 4.57 Å². The van der Waals surface area contributed by atoms with Crippen LogP contribution >= 0.6 is 0 Å². The Bertz CT molecular complexity index is 563. The SMILES string of the molecule is CCc1c2ccc(C)n2cc[n+]1CC(=O)OC.[Br-]. The van der Waals surface area contributed by atoms with E-state index in [1.165, 1.54) is 12.8 Å². The molecule has 0 aliphatic carbocycles. The van der Waals surface area contributed by atoms with E-state index in [1.807, 2.05) is 17.0 Å². The summed E-state index contributed by atoms with van der Waals surface area (Å²) in [6, 6.07) is 4.17. The van der Waals surface area contributed by atoms with Crippen molar-refractivity contribution < 1.29 is 31.1 Å². The molecule has 0 fully saturated rings. The number of hydrogen-bond donors (Lipinski definition) is 0. The van der Waals surface area contributed by atoms with Crippen LogP contribution in [0.2, 0.25) is 0 Å². The molecule has 2 aromatic rings. The van der Waals surface area contributed by atoms with Gasteiger partial charge < -0.3 is 26.1 Å². The molecular formula is C13H17BrN2O2. The summed E-state index contributed by atoms with van der Waals surface area (Å²) >= 11 is 0. The quantitative estimate of drug-likeness (QED) is 0.499. The highest BCUT2D eigenvalue weighted by molar-refractivity contribution is 5.67. The number of rotatable bonds is 3. The van der Waals surface area contributed by atoms with Crippen LogP contribution in [0.1, 0.15) is 18.3 Å². The number of carbonyl (C=O) groups is 1. The third-order valence-electron chi connectivity index (χ3n) is 3.02. The van der Waals surface area contributed by atoms with Gasteiger partial charge in [0.25, 0.3) is 0 Å². The fourth-order valence-electron chi connectivity index (χ4n) is 2.10. The van der Waals surface area contributed by atoms with Crippen molar-refractivity contribution in [2.75, 3.05) is 7.11 Å². The summed E-state index contributed by atoms with van der Waals surface area (Å²) in [5.41, 5.74) is 3.49. The lowest BCUT2D eigenvalue weighted by molar-refractivity contribution is -0.692. The molecule has 0 N–H and O–H groups in total. The first-order valence-electron chi connectivity index (χ1n) is 5.73. The van der Waals surface area contributed by atoms with Crippen molar-refractivity contribution in [1.82, 2.24) is 4.40 Å². The topological polar surface area (TPSA) is 34.6 Å².